The van der Waals surface area contributed by atoms with Gasteiger partial charge in [-0.1, -0.05) is 25.9 Å². The highest BCUT2D eigenvalue weighted by molar-refractivity contribution is 5.71. The Bertz CT molecular complexity index is 974. The fourth-order valence-corrected chi connectivity index (χ4v) is 2.91. The topological polar surface area (TPSA) is 198 Å². The smallest absolute Gasteiger partial charge is 0.351 e. The molecule has 0 spiro atoms. The minimum atomic E-state index is -2.13. The van der Waals surface area contributed by atoms with E-state index in [2.05, 4.69) is 15.0 Å². The Morgan fingerprint density at radius 1 is 1.22 bits per heavy atom. The van der Waals surface area contributed by atoms with Crippen molar-refractivity contribution < 1.29 is 33.3 Å². The van der Waals surface area contributed by atoms with Crippen LogP contribution in [0.5, 0.6) is 0 Å². The zero-order valence-electron chi connectivity index (χ0n) is 17.8. The number of nitrogen functional groups attached to an aromatic ring is 1. The van der Waals surface area contributed by atoms with Gasteiger partial charge in [-0.15, -0.1) is 0 Å². The summed E-state index contributed by atoms with van der Waals surface area (Å²) >= 11 is 0. The summed E-state index contributed by atoms with van der Waals surface area (Å²) in [4.78, 5) is 54.8. The van der Waals surface area contributed by atoms with Gasteiger partial charge in [0.05, 0.1) is 0 Å². The number of esters is 3. The molecule has 1 aromatic rings. The second kappa shape index (κ2) is 10.6. The molecule has 2 rings (SSSR count). The van der Waals surface area contributed by atoms with E-state index >= 15 is 0 Å². The molecule has 0 aliphatic carbocycles. The maximum atomic E-state index is 12.4. The third-order valence-electron chi connectivity index (χ3n) is 4.52. The van der Waals surface area contributed by atoms with E-state index in [0.29, 0.717) is 0 Å². The molecule has 1 aromatic heterocycles. The number of hydrogen-bond acceptors (Lipinski definition) is 11. The van der Waals surface area contributed by atoms with Crippen LogP contribution < -0.4 is 11.4 Å². The minimum absolute atomic E-state index is 0.00474. The molecule has 2 heterocycles. The normalized spacial score (nSPS) is 24.3. The molecule has 0 radical (unpaired) electrons. The molecule has 174 valence electrons. The third-order valence-corrected chi connectivity index (χ3v) is 4.52. The average Bonchev–Trinajstić information content (AvgIpc) is 3.05. The van der Waals surface area contributed by atoms with Gasteiger partial charge in [-0.05, 0) is 11.6 Å². The Morgan fingerprint density at radius 3 is 2.41 bits per heavy atom. The van der Waals surface area contributed by atoms with Crippen molar-refractivity contribution in [2.24, 2.45) is 5.11 Å². The molecule has 0 saturated carbocycles. The van der Waals surface area contributed by atoms with Gasteiger partial charge >= 0.3 is 23.6 Å². The summed E-state index contributed by atoms with van der Waals surface area (Å²) in [6.07, 6.45) is -3.30. The van der Waals surface area contributed by atoms with Crippen molar-refractivity contribution in [1.82, 2.24) is 9.55 Å². The quantitative estimate of drug-likeness (QED) is 0.185. The lowest BCUT2D eigenvalue weighted by molar-refractivity contribution is -0.179. The molecule has 1 aliphatic heterocycles. The summed E-state index contributed by atoms with van der Waals surface area (Å²) in [6, 6.07) is 1.29. The maximum Gasteiger partial charge on any atom is 0.351 e. The van der Waals surface area contributed by atoms with Crippen LogP contribution >= 0.6 is 0 Å². The number of ether oxygens (including phenoxy) is 4. The highest BCUT2D eigenvalue weighted by Gasteiger charge is 2.61. The molecule has 4 unspecified atom stereocenters. The van der Waals surface area contributed by atoms with E-state index in [1.54, 1.807) is 6.92 Å². The first-order valence-corrected chi connectivity index (χ1v) is 9.84. The molecule has 14 nitrogen and oxygen atoms in total. The largest absolute Gasteiger partial charge is 0.462 e. The lowest BCUT2D eigenvalue weighted by atomic mass is 10.0. The van der Waals surface area contributed by atoms with Gasteiger partial charge in [0.25, 0.3) is 0 Å². The van der Waals surface area contributed by atoms with Crippen LogP contribution in [0.3, 0.4) is 0 Å². The first-order valence-electron chi connectivity index (χ1n) is 9.84. The Hall–Kier alpha value is -3.64. The zero-order chi connectivity index (χ0) is 23.9. The van der Waals surface area contributed by atoms with Crippen LogP contribution in [-0.2, 0) is 33.3 Å². The van der Waals surface area contributed by atoms with Crippen LogP contribution in [0.2, 0.25) is 0 Å². The number of nitrogens with two attached hydrogens (primary N) is 1. The molecule has 4 atom stereocenters. The molecule has 1 saturated heterocycles. The molecule has 1 aliphatic rings. The van der Waals surface area contributed by atoms with Crippen molar-refractivity contribution in [1.29, 1.82) is 0 Å². The minimum Gasteiger partial charge on any atom is -0.462 e. The number of anilines is 1. The number of azide groups is 1. The van der Waals surface area contributed by atoms with Gasteiger partial charge in [-0.3, -0.25) is 19.0 Å². The first kappa shape index (κ1) is 24.6. The summed E-state index contributed by atoms with van der Waals surface area (Å²) in [6.45, 7) is 3.92. The van der Waals surface area contributed by atoms with Crippen molar-refractivity contribution in [2.75, 3.05) is 12.3 Å². The molecule has 0 amide bonds. The van der Waals surface area contributed by atoms with Crippen LogP contribution in [0.4, 0.5) is 5.82 Å². The number of hydrogen-bond donors (Lipinski definition) is 1. The summed E-state index contributed by atoms with van der Waals surface area (Å²) in [5.74, 6) is -2.17. The predicted molar refractivity (Wildman–Crippen MR) is 107 cm³/mol. The van der Waals surface area contributed by atoms with Gasteiger partial charge in [0.1, 0.15) is 12.4 Å². The average molecular weight is 452 g/mol. The van der Waals surface area contributed by atoms with Gasteiger partial charge < -0.3 is 24.7 Å². The fraction of sp³-hybridized carbons (Fsp3) is 0.611. The fourth-order valence-electron chi connectivity index (χ4n) is 2.91. The van der Waals surface area contributed by atoms with E-state index in [4.69, 9.17) is 24.7 Å². The molecule has 14 heteroatoms. The molecule has 0 bridgehead atoms. The highest BCUT2D eigenvalue weighted by atomic mass is 16.7. The number of nitrogens with zero attached hydrogens (tertiary/aromatic N) is 5. The Balaban J connectivity index is 2.64. The molecule has 1 fully saturated rings. The second-order valence-electron chi connectivity index (χ2n) is 6.67. The SMILES string of the molecule is CCC(=O)OCC1(N=[N+]=[N-])OC(n2ccc(N)nc2=O)C(OC(=O)CC)C1OC(=O)CC. The van der Waals surface area contributed by atoms with E-state index in [-0.39, 0.29) is 25.1 Å². The van der Waals surface area contributed by atoms with Crippen LogP contribution in [-0.4, -0.2) is 52.0 Å². The van der Waals surface area contributed by atoms with E-state index in [1.807, 2.05) is 0 Å². The van der Waals surface area contributed by atoms with E-state index < -0.39 is 54.4 Å². The first-order chi connectivity index (χ1) is 15.2. The molecular weight excluding hydrogens is 428 g/mol. The van der Waals surface area contributed by atoms with Crippen molar-refractivity contribution in [2.45, 2.75) is 64.2 Å². The number of rotatable bonds is 9. The van der Waals surface area contributed by atoms with Gasteiger partial charge in [-0.25, -0.2) is 4.79 Å². The van der Waals surface area contributed by atoms with Crippen LogP contribution in [0.1, 0.15) is 46.3 Å². The van der Waals surface area contributed by atoms with Crippen LogP contribution in [0, 0.1) is 0 Å². The number of carbonyl (C=O) groups is 3. The van der Waals surface area contributed by atoms with Gasteiger partial charge in [0, 0.05) is 30.4 Å². The Morgan fingerprint density at radius 2 is 1.84 bits per heavy atom. The summed E-state index contributed by atoms with van der Waals surface area (Å²) in [7, 11) is 0. The Kier molecular flexibility index (Phi) is 8.15. The standard InChI is InChI=1S/C18H24N6O8/c1-4-11(25)29-9-18(22-23-20)15(31-13(27)6-3)14(30-12(26)5-2)16(32-18)24-8-7-10(19)21-17(24)28/h7-8,14-16H,4-6,9H2,1-3H3,(H2,19,21,28). The highest BCUT2D eigenvalue weighted by Crippen LogP contribution is 2.42. The van der Waals surface area contributed by atoms with Crippen molar-refractivity contribution >= 4 is 23.7 Å². The van der Waals surface area contributed by atoms with Crippen molar-refractivity contribution in [3.63, 3.8) is 0 Å². The van der Waals surface area contributed by atoms with Crippen LogP contribution in [0.25, 0.3) is 10.4 Å². The summed E-state index contributed by atoms with van der Waals surface area (Å²) < 4.78 is 22.7. The molecular formula is C18H24N6O8. The van der Waals surface area contributed by atoms with E-state index in [9.17, 15) is 24.7 Å². The van der Waals surface area contributed by atoms with Gasteiger partial charge in [0.15, 0.2) is 18.4 Å². The monoisotopic (exact) mass is 452 g/mol. The molecule has 0 aromatic carbocycles. The van der Waals surface area contributed by atoms with E-state index in [1.165, 1.54) is 26.1 Å². The Labute approximate surface area is 182 Å². The summed E-state index contributed by atoms with van der Waals surface area (Å²) in [5.41, 5.74) is 11.7. The van der Waals surface area contributed by atoms with Crippen LogP contribution in [0.15, 0.2) is 22.2 Å². The summed E-state index contributed by atoms with van der Waals surface area (Å²) in [5, 5.41) is 3.59. The van der Waals surface area contributed by atoms with Crippen molar-refractivity contribution in [3.8, 4) is 0 Å². The lowest BCUT2D eigenvalue weighted by Crippen LogP contribution is -2.49. The van der Waals surface area contributed by atoms with Crippen molar-refractivity contribution in [3.05, 3.63) is 33.2 Å². The lowest BCUT2D eigenvalue weighted by Gasteiger charge is -2.29. The zero-order valence-corrected chi connectivity index (χ0v) is 17.8. The van der Waals surface area contributed by atoms with Gasteiger partial charge in [-0.2, -0.15) is 4.98 Å². The number of aromatic nitrogens is 2. The number of carbonyl (C=O) groups excluding carboxylic acids is 3. The maximum absolute atomic E-state index is 12.4. The third kappa shape index (κ3) is 5.34. The molecule has 2 N–H and O–H groups in total. The second-order valence-corrected chi connectivity index (χ2v) is 6.67. The molecule has 32 heavy (non-hydrogen) atoms. The van der Waals surface area contributed by atoms with E-state index in [0.717, 1.165) is 4.57 Å². The van der Waals surface area contributed by atoms with Gasteiger partial charge in [0.2, 0.25) is 5.72 Å². The predicted octanol–water partition coefficient (Wildman–Crippen LogP) is 0.958.